The van der Waals surface area contributed by atoms with Crippen LogP contribution >= 0.6 is 0 Å². The lowest BCUT2D eigenvalue weighted by Crippen LogP contribution is -2.50. The second-order valence-corrected chi connectivity index (χ2v) is 10.6. The SMILES string of the molecule is C/C=C/c1ccc2c(c1)O[C@H](CN(C)C(=O)Nc1cccc(F)c1)[C@H](C)CN([C@@H](C)CO)S2(=O)=O. The number of carbonyl (C=O) groups is 1. The molecule has 3 atom stereocenters. The summed E-state index contributed by atoms with van der Waals surface area (Å²) in [4.78, 5) is 14.2. The number of sulfonamides is 1. The predicted molar refractivity (Wildman–Crippen MR) is 133 cm³/mol. The summed E-state index contributed by atoms with van der Waals surface area (Å²) in [6.07, 6.45) is 3.12. The van der Waals surface area contributed by atoms with Crippen molar-refractivity contribution < 1.29 is 27.4 Å². The van der Waals surface area contributed by atoms with Crippen LogP contribution < -0.4 is 10.1 Å². The first-order valence-corrected chi connectivity index (χ1v) is 12.8. The quantitative estimate of drug-likeness (QED) is 0.622. The average Bonchev–Trinajstić information content (AvgIpc) is 2.81. The number of allylic oxidation sites excluding steroid dienone is 1. The molecular formula is C25H32FN3O5S. The number of aliphatic hydroxyl groups excluding tert-OH is 1. The number of benzene rings is 2. The van der Waals surface area contributed by atoms with Gasteiger partial charge in [-0.2, -0.15) is 4.31 Å². The molecule has 0 bridgehead atoms. The molecule has 35 heavy (non-hydrogen) atoms. The van der Waals surface area contributed by atoms with Gasteiger partial charge < -0.3 is 20.1 Å². The van der Waals surface area contributed by atoms with Crippen LogP contribution in [0, 0.1) is 11.7 Å². The number of hydrogen-bond acceptors (Lipinski definition) is 5. The van der Waals surface area contributed by atoms with Crippen molar-refractivity contribution >= 4 is 27.8 Å². The van der Waals surface area contributed by atoms with E-state index in [9.17, 15) is 22.7 Å². The Morgan fingerprint density at radius 1 is 1.34 bits per heavy atom. The fourth-order valence-electron chi connectivity index (χ4n) is 3.89. The fourth-order valence-corrected chi connectivity index (χ4v) is 5.72. The minimum absolute atomic E-state index is 0.00909. The number of aliphatic hydroxyl groups is 1. The Morgan fingerprint density at radius 2 is 2.09 bits per heavy atom. The molecule has 0 spiro atoms. The first-order chi connectivity index (χ1) is 16.6. The van der Waals surface area contributed by atoms with Crippen LogP contribution in [0.15, 0.2) is 53.4 Å². The van der Waals surface area contributed by atoms with Gasteiger partial charge in [-0.1, -0.05) is 31.2 Å². The zero-order valence-electron chi connectivity index (χ0n) is 20.3. The Morgan fingerprint density at radius 3 is 2.74 bits per heavy atom. The minimum atomic E-state index is -3.94. The number of rotatable bonds is 6. The molecule has 0 fully saturated rings. The van der Waals surface area contributed by atoms with E-state index in [-0.39, 0.29) is 36.3 Å². The molecule has 8 nitrogen and oxygen atoms in total. The Kier molecular flexibility index (Phi) is 8.52. The van der Waals surface area contributed by atoms with Gasteiger partial charge >= 0.3 is 6.03 Å². The van der Waals surface area contributed by atoms with E-state index < -0.39 is 34.0 Å². The third kappa shape index (κ3) is 6.19. The highest BCUT2D eigenvalue weighted by molar-refractivity contribution is 7.89. The van der Waals surface area contributed by atoms with E-state index in [0.717, 1.165) is 5.56 Å². The van der Waals surface area contributed by atoms with E-state index >= 15 is 0 Å². The lowest BCUT2D eigenvalue weighted by atomic mass is 10.0. The van der Waals surface area contributed by atoms with Gasteiger partial charge in [0.25, 0.3) is 0 Å². The van der Waals surface area contributed by atoms with E-state index in [1.165, 1.54) is 33.5 Å². The minimum Gasteiger partial charge on any atom is -0.487 e. The van der Waals surface area contributed by atoms with Crippen LogP contribution in [0.5, 0.6) is 5.75 Å². The molecule has 2 aromatic carbocycles. The predicted octanol–water partition coefficient (Wildman–Crippen LogP) is 3.79. The fraction of sp³-hybridized carbons (Fsp3) is 0.400. The molecule has 0 saturated carbocycles. The summed E-state index contributed by atoms with van der Waals surface area (Å²) in [5, 5.41) is 12.4. The highest BCUT2D eigenvalue weighted by Crippen LogP contribution is 2.34. The van der Waals surface area contributed by atoms with Crippen molar-refractivity contribution in [2.45, 2.75) is 37.8 Å². The Bertz CT molecular complexity index is 1190. The number of carbonyl (C=O) groups excluding carboxylic acids is 1. The van der Waals surface area contributed by atoms with E-state index in [4.69, 9.17) is 4.74 Å². The first-order valence-electron chi connectivity index (χ1n) is 11.4. The topological polar surface area (TPSA) is 99.2 Å². The number of hydrogen-bond donors (Lipinski definition) is 2. The Balaban J connectivity index is 1.93. The number of ether oxygens (including phenoxy) is 1. The maximum Gasteiger partial charge on any atom is 0.321 e. The van der Waals surface area contributed by atoms with Crippen molar-refractivity contribution in [3.05, 3.63) is 59.9 Å². The maximum atomic E-state index is 13.5. The molecule has 2 N–H and O–H groups in total. The van der Waals surface area contributed by atoms with Gasteiger partial charge in [0.15, 0.2) is 0 Å². The van der Waals surface area contributed by atoms with Crippen molar-refractivity contribution in [2.75, 3.05) is 32.1 Å². The molecule has 1 heterocycles. The van der Waals surface area contributed by atoms with E-state index in [1.807, 2.05) is 26.0 Å². The van der Waals surface area contributed by atoms with Crippen LogP contribution in [0.2, 0.25) is 0 Å². The number of fused-ring (bicyclic) bond motifs is 1. The summed E-state index contributed by atoms with van der Waals surface area (Å²) in [7, 11) is -2.35. The lowest BCUT2D eigenvalue weighted by molar-refractivity contribution is 0.0830. The van der Waals surface area contributed by atoms with Gasteiger partial charge in [-0.15, -0.1) is 0 Å². The summed E-state index contributed by atoms with van der Waals surface area (Å²) in [6.45, 7) is 5.26. The highest BCUT2D eigenvalue weighted by atomic mass is 32.2. The monoisotopic (exact) mass is 505 g/mol. The van der Waals surface area contributed by atoms with Crippen LogP contribution in [0.4, 0.5) is 14.9 Å². The molecule has 10 heteroatoms. The third-order valence-corrected chi connectivity index (χ3v) is 7.95. The van der Waals surface area contributed by atoms with E-state index in [0.29, 0.717) is 5.69 Å². The number of likely N-dealkylation sites (N-methyl/N-ethyl adjacent to an activating group) is 1. The number of nitrogens with one attached hydrogen (secondary N) is 1. The number of urea groups is 1. The molecule has 0 unspecified atom stereocenters. The number of amides is 2. The van der Waals surface area contributed by atoms with Crippen LogP contribution in [0.1, 0.15) is 26.3 Å². The molecule has 1 aliphatic rings. The van der Waals surface area contributed by atoms with Crippen molar-refractivity contribution in [2.24, 2.45) is 5.92 Å². The zero-order chi connectivity index (χ0) is 25.8. The summed E-state index contributed by atoms with van der Waals surface area (Å²) in [6, 6.07) is 9.36. The number of halogens is 1. The maximum absolute atomic E-state index is 13.5. The van der Waals surface area contributed by atoms with Crippen molar-refractivity contribution in [3.63, 3.8) is 0 Å². The van der Waals surface area contributed by atoms with Gasteiger partial charge in [0.05, 0.1) is 13.2 Å². The lowest BCUT2D eigenvalue weighted by Gasteiger charge is -2.37. The van der Waals surface area contributed by atoms with Crippen LogP contribution in [0.25, 0.3) is 6.08 Å². The molecular weight excluding hydrogens is 473 g/mol. The molecule has 190 valence electrons. The van der Waals surface area contributed by atoms with Gasteiger partial charge in [0.1, 0.15) is 22.6 Å². The van der Waals surface area contributed by atoms with Crippen molar-refractivity contribution in [1.29, 1.82) is 0 Å². The zero-order valence-corrected chi connectivity index (χ0v) is 21.1. The summed E-state index contributed by atoms with van der Waals surface area (Å²) < 4.78 is 48.0. The summed E-state index contributed by atoms with van der Waals surface area (Å²) in [5.41, 5.74) is 1.09. The molecule has 0 aliphatic carbocycles. The van der Waals surface area contributed by atoms with Gasteiger partial charge in [-0.05, 0) is 49.7 Å². The highest BCUT2D eigenvalue weighted by Gasteiger charge is 2.38. The standard InChI is InChI=1S/C25H32FN3O5S/c1-5-7-19-10-11-24-22(12-19)34-23(17(2)14-29(18(3)16-30)35(24,32)33)15-28(4)25(31)27-21-9-6-8-20(26)13-21/h5-13,17-18,23,30H,14-16H2,1-4H3,(H,27,31)/b7-5+/t17-,18+,23-/m1/s1. The molecule has 0 saturated heterocycles. The Labute approximate surface area is 206 Å². The Hall–Kier alpha value is -2.95. The molecule has 1 aliphatic heterocycles. The molecule has 0 radical (unpaired) electrons. The van der Waals surface area contributed by atoms with Gasteiger partial charge in [0, 0.05) is 31.2 Å². The second kappa shape index (κ2) is 11.2. The van der Waals surface area contributed by atoms with Crippen LogP contribution in [-0.4, -0.2) is 67.7 Å². The smallest absolute Gasteiger partial charge is 0.321 e. The number of anilines is 1. The van der Waals surface area contributed by atoms with Crippen LogP contribution in [0.3, 0.4) is 0 Å². The van der Waals surface area contributed by atoms with E-state index in [1.54, 1.807) is 32.2 Å². The normalized spacial score (nSPS) is 20.9. The van der Waals surface area contributed by atoms with Gasteiger partial charge in [0.2, 0.25) is 10.0 Å². The van der Waals surface area contributed by atoms with Gasteiger partial charge in [-0.25, -0.2) is 17.6 Å². The summed E-state index contributed by atoms with van der Waals surface area (Å²) >= 11 is 0. The molecule has 0 aromatic heterocycles. The van der Waals surface area contributed by atoms with Gasteiger partial charge in [-0.3, -0.25) is 0 Å². The third-order valence-electron chi connectivity index (χ3n) is 5.93. The second-order valence-electron chi connectivity index (χ2n) is 8.77. The van der Waals surface area contributed by atoms with Crippen LogP contribution in [-0.2, 0) is 10.0 Å². The van der Waals surface area contributed by atoms with E-state index in [2.05, 4.69) is 5.32 Å². The average molecular weight is 506 g/mol. The summed E-state index contributed by atoms with van der Waals surface area (Å²) in [5.74, 6) is -0.594. The number of nitrogens with zero attached hydrogens (tertiary/aromatic N) is 2. The van der Waals surface area contributed by atoms with Crippen molar-refractivity contribution in [3.8, 4) is 5.75 Å². The molecule has 2 amide bonds. The molecule has 2 aromatic rings. The van der Waals surface area contributed by atoms with Crippen molar-refractivity contribution in [1.82, 2.24) is 9.21 Å². The largest absolute Gasteiger partial charge is 0.487 e. The molecule has 3 rings (SSSR count). The first kappa shape index (κ1) is 26.7.